The minimum atomic E-state index is -2.79. The van der Waals surface area contributed by atoms with Crippen molar-refractivity contribution in [1.82, 2.24) is 0 Å². The predicted octanol–water partition coefficient (Wildman–Crippen LogP) is 2.91. The number of halogens is 2. The van der Waals surface area contributed by atoms with Gasteiger partial charge in [0.15, 0.2) is 0 Å². The van der Waals surface area contributed by atoms with E-state index in [1.807, 2.05) is 30.4 Å². The molecule has 72 valence electrons. The van der Waals surface area contributed by atoms with Crippen molar-refractivity contribution in [1.29, 1.82) is 0 Å². The standard InChI is InChI=1S/C10H6Cl2Te2/c11-14(12,10-7-3-4-8-10)13-9-5-1-2-6-9/h1-5,7H. The first-order valence-electron chi connectivity index (χ1n) is 3.87. The molecule has 0 unspecified atom stereocenters. The predicted molar refractivity (Wildman–Crippen MR) is 64.7 cm³/mol. The van der Waals surface area contributed by atoms with Gasteiger partial charge < -0.3 is 0 Å². The molecule has 0 heterocycles. The first kappa shape index (κ1) is 11.2. The molecule has 0 spiro atoms. The van der Waals surface area contributed by atoms with E-state index in [0.29, 0.717) is 0 Å². The van der Waals surface area contributed by atoms with Crippen molar-refractivity contribution in [2.45, 2.75) is 0 Å². The number of rotatable bonds is 3. The van der Waals surface area contributed by atoms with E-state index >= 15 is 0 Å². The summed E-state index contributed by atoms with van der Waals surface area (Å²) in [7, 11) is 12.9. The molecule has 0 nitrogen and oxygen atoms in total. The van der Waals surface area contributed by atoms with Crippen LogP contribution in [0.1, 0.15) is 0 Å². The first-order chi connectivity index (χ1) is 6.68. The van der Waals surface area contributed by atoms with Crippen molar-refractivity contribution in [3.05, 3.63) is 55.2 Å². The fraction of sp³-hybridized carbons (Fsp3) is 0. The number of hydrogen-bond acceptors (Lipinski definition) is 0. The Bertz CT molecular complexity index is 443. The van der Waals surface area contributed by atoms with Crippen LogP contribution in [0.4, 0.5) is 0 Å². The molecular formula is C10H6Cl2Te2. The Morgan fingerprint density at radius 3 is 2.36 bits per heavy atom. The van der Waals surface area contributed by atoms with Crippen LogP contribution in [-0.4, -0.2) is 29.1 Å². The normalized spacial score (nSPS) is 19.0. The zero-order valence-corrected chi connectivity index (χ0v) is 13.2. The van der Waals surface area contributed by atoms with Gasteiger partial charge in [0, 0.05) is 0 Å². The zero-order chi connectivity index (χ0) is 10.0. The molecule has 0 atom stereocenters. The molecule has 0 aromatic heterocycles. The second kappa shape index (κ2) is 4.68. The summed E-state index contributed by atoms with van der Waals surface area (Å²) >= 11 is -3.28. The second-order valence-corrected chi connectivity index (χ2v) is 35.7. The van der Waals surface area contributed by atoms with Crippen molar-refractivity contribution in [3.63, 3.8) is 0 Å². The molecule has 0 N–H and O–H groups in total. The quantitative estimate of drug-likeness (QED) is 0.457. The van der Waals surface area contributed by atoms with Gasteiger partial charge >= 0.3 is 102 Å². The zero-order valence-electron chi connectivity index (χ0n) is 7.04. The van der Waals surface area contributed by atoms with E-state index in [0.717, 1.165) is 3.62 Å². The van der Waals surface area contributed by atoms with Gasteiger partial charge in [0.05, 0.1) is 0 Å². The monoisotopic (exact) mass is 456 g/mol. The van der Waals surface area contributed by atoms with Gasteiger partial charge in [0.2, 0.25) is 0 Å². The summed E-state index contributed by atoms with van der Waals surface area (Å²) < 4.78 is 2.30. The summed E-state index contributed by atoms with van der Waals surface area (Å²) in [5.74, 6) is 0. The SMILES string of the molecule is Cl[Te](Cl)([Te]C1=C=CC=C1)C1=C=CC=C1. The van der Waals surface area contributed by atoms with E-state index in [9.17, 15) is 0 Å². The van der Waals surface area contributed by atoms with Crippen molar-refractivity contribution in [2.75, 3.05) is 0 Å². The Morgan fingerprint density at radius 2 is 1.79 bits per heavy atom. The summed E-state index contributed by atoms with van der Waals surface area (Å²) in [6.07, 6.45) is 11.8. The van der Waals surface area contributed by atoms with Crippen molar-refractivity contribution < 1.29 is 0 Å². The molecule has 0 amide bonds. The van der Waals surface area contributed by atoms with E-state index in [2.05, 4.69) is 17.5 Å². The van der Waals surface area contributed by atoms with E-state index in [1.54, 1.807) is 0 Å². The van der Waals surface area contributed by atoms with Crippen molar-refractivity contribution in [3.8, 4) is 0 Å². The summed E-state index contributed by atoms with van der Waals surface area (Å²) in [5.41, 5.74) is 6.31. The van der Waals surface area contributed by atoms with Crippen LogP contribution >= 0.6 is 17.9 Å². The molecule has 4 heteroatoms. The second-order valence-electron chi connectivity index (χ2n) is 2.57. The molecule has 2 aliphatic carbocycles. The summed E-state index contributed by atoms with van der Waals surface area (Å²) in [4.78, 5) is 0. The van der Waals surface area contributed by atoms with Crippen LogP contribution in [0, 0.1) is 0 Å². The maximum absolute atomic E-state index is 6.46. The van der Waals surface area contributed by atoms with Crippen LogP contribution in [0.5, 0.6) is 0 Å². The van der Waals surface area contributed by atoms with Gasteiger partial charge in [-0.05, 0) is 0 Å². The molecule has 0 radical (unpaired) electrons. The molecule has 2 aliphatic rings. The van der Waals surface area contributed by atoms with Gasteiger partial charge in [-0.25, -0.2) is 0 Å². The van der Waals surface area contributed by atoms with Gasteiger partial charge in [-0.3, -0.25) is 0 Å². The topological polar surface area (TPSA) is 0 Å². The van der Waals surface area contributed by atoms with Crippen LogP contribution in [0.2, 0.25) is 0 Å². The van der Waals surface area contributed by atoms with Gasteiger partial charge in [-0.15, -0.1) is 0 Å². The third kappa shape index (κ3) is 2.62. The van der Waals surface area contributed by atoms with E-state index < -0.39 is 29.1 Å². The summed E-state index contributed by atoms with van der Waals surface area (Å²) in [6, 6.07) is 0. The average Bonchev–Trinajstić information content (AvgIpc) is 2.71. The molecule has 0 aromatic carbocycles. The van der Waals surface area contributed by atoms with Crippen LogP contribution in [0.3, 0.4) is 0 Å². The third-order valence-electron chi connectivity index (χ3n) is 1.59. The molecule has 0 saturated heterocycles. The Labute approximate surface area is 101 Å². The van der Waals surface area contributed by atoms with Crippen LogP contribution in [0.25, 0.3) is 0 Å². The Morgan fingerprint density at radius 1 is 1.07 bits per heavy atom. The molecule has 14 heavy (non-hydrogen) atoms. The van der Waals surface area contributed by atoms with Crippen LogP contribution in [-0.2, 0) is 0 Å². The molecule has 0 fully saturated rings. The first-order valence-corrected chi connectivity index (χ1v) is 19.4. The molecule has 2 rings (SSSR count). The molecule has 0 aliphatic heterocycles. The third-order valence-corrected chi connectivity index (χ3v) is 24.4. The summed E-state index contributed by atoms with van der Waals surface area (Å²) in [6.45, 7) is 0. The number of allylic oxidation sites excluding steroid dienone is 6. The Hall–Kier alpha value is 0.679. The Kier molecular flexibility index (Phi) is 3.73. The van der Waals surface area contributed by atoms with Gasteiger partial charge in [-0.1, -0.05) is 0 Å². The molecule has 0 aromatic rings. The molecule has 0 bridgehead atoms. The minimum absolute atomic E-state index is 0.491. The van der Waals surface area contributed by atoms with Crippen molar-refractivity contribution >= 4 is 47.1 Å². The van der Waals surface area contributed by atoms with Gasteiger partial charge in [-0.2, -0.15) is 0 Å². The average molecular weight is 452 g/mol. The molecule has 0 saturated carbocycles. The maximum atomic E-state index is 6.46. The van der Waals surface area contributed by atoms with E-state index in [-0.39, 0.29) is 0 Å². The molecular weight excluding hydrogens is 446 g/mol. The van der Waals surface area contributed by atoms with Crippen LogP contribution in [0.15, 0.2) is 55.2 Å². The Balaban J connectivity index is 2.17. The fourth-order valence-electron chi connectivity index (χ4n) is 0.985. The van der Waals surface area contributed by atoms with Gasteiger partial charge in [0.1, 0.15) is 0 Å². The van der Waals surface area contributed by atoms with E-state index in [4.69, 9.17) is 17.9 Å². The van der Waals surface area contributed by atoms with Crippen LogP contribution < -0.4 is 0 Å². The summed E-state index contributed by atoms with van der Waals surface area (Å²) in [5, 5.41) is 0. The fourth-order valence-corrected chi connectivity index (χ4v) is 21.3. The van der Waals surface area contributed by atoms with Gasteiger partial charge in [0.25, 0.3) is 0 Å². The number of hydrogen-bond donors (Lipinski definition) is 0. The van der Waals surface area contributed by atoms with Crippen molar-refractivity contribution in [2.24, 2.45) is 0 Å². The van der Waals surface area contributed by atoms with E-state index in [1.165, 1.54) is 3.62 Å².